The first-order valence-electron chi connectivity index (χ1n) is 8.91. The van der Waals surface area contributed by atoms with Crippen LogP contribution in [0.15, 0.2) is 65.4 Å². The van der Waals surface area contributed by atoms with Crippen LogP contribution in [0.25, 0.3) is 21.5 Å². The molecule has 0 aliphatic rings. The van der Waals surface area contributed by atoms with Gasteiger partial charge in [0.05, 0.1) is 9.75 Å². The SMILES string of the molecule is N[C@H](CNC(=O)c1cc(Br)c(-c2ccnc3[nH]ccc23)s1)Cc1ccccc1. The molecule has 142 valence electrons. The number of carbonyl (C=O) groups excluding carboxylic acids is 1. The molecule has 4 N–H and O–H groups in total. The van der Waals surface area contributed by atoms with Gasteiger partial charge in [0.25, 0.3) is 5.91 Å². The maximum absolute atomic E-state index is 12.6. The number of carbonyl (C=O) groups is 1. The number of nitrogens with zero attached hydrogens (tertiary/aromatic N) is 1. The van der Waals surface area contributed by atoms with Crippen molar-refractivity contribution in [1.29, 1.82) is 0 Å². The molecule has 5 nitrogen and oxygen atoms in total. The zero-order chi connectivity index (χ0) is 19.5. The van der Waals surface area contributed by atoms with Crippen LogP contribution in [0.4, 0.5) is 0 Å². The van der Waals surface area contributed by atoms with E-state index < -0.39 is 0 Å². The zero-order valence-electron chi connectivity index (χ0n) is 15.0. The molecule has 0 saturated carbocycles. The van der Waals surface area contributed by atoms with E-state index in [1.165, 1.54) is 16.9 Å². The Kier molecular flexibility index (Phi) is 5.57. The molecular weight excluding hydrogens is 436 g/mol. The van der Waals surface area contributed by atoms with E-state index in [1.807, 2.05) is 54.7 Å². The molecule has 0 saturated heterocycles. The van der Waals surface area contributed by atoms with E-state index >= 15 is 0 Å². The molecule has 0 aliphatic carbocycles. The number of amides is 1. The number of aromatic amines is 1. The molecule has 1 atom stereocenters. The minimum absolute atomic E-state index is 0.111. The Bertz CT molecular complexity index is 1110. The Morgan fingerprint density at radius 2 is 2.07 bits per heavy atom. The van der Waals surface area contributed by atoms with Crippen LogP contribution < -0.4 is 11.1 Å². The highest BCUT2D eigenvalue weighted by Gasteiger charge is 2.17. The monoisotopic (exact) mass is 454 g/mol. The van der Waals surface area contributed by atoms with Gasteiger partial charge >= 0.3 is 0 Å². The highest BCUT2D eigenvalue weighted by atomic mass is 79.9. The Balaban J connectivity index is 1.46. The summed E-state index contributed by atoms with van der Waals surface area (Å²) in [5, 5.41) is 3.98. The summed E-state index contributed by atoms with van der Waals surface area (Å²) in [7, 11) is 0. The van der Waals surface area contributed by atoms with Gasteiger partial charge in [-0.1, -0.05) is 30.3 Å². The quantitative estimate of drug-likeness (QED) is 0.404. The molecule has 3 heterocycles. The van der Waals surface area contributed by atoms with Crippen molar-refractivity contribution in [2.24, 2.45) is 5.73 Å². The number of H-pyrrole nitrogens is 1. The Morgan fingerprint density at radius 1 is 1.25 bits per heavy atom. The molecule has 3 aromatic heterocycles. The van der Waals surface area contributed by atoms with Crippen molar-refractivity contribution in [3.05, 3.63) is 75.8 Å². The number of thiophene rings is 1. The van der Waals surface area contributed by atoms with E-state index in [0.717, 1.165) is 32.4 Å². The fraction of sp³-hybridized carbons (Fsp3) is 0.143. The third-order valence-corrected chi connectivity index (χ3v) is 6.54. The average Bonchev–Trinajstić information content (AvgIpc) is 3.33. The van der Waals surface area contributed by atoms with E-state index in [1.54, 1.807) is 6.20 Å². The maximum Gasteiger partial charge on any atom is 0.261 e. The number of halogens is 1. The second kappa shape index (κ2) is 8.26. The predicted molar refractivity (Wildman–Crippen MR) is 118 cm³/mol. The first-order chi connectivity index (χ1) is 13.6. The summed E-state index contributed by atoms with van der Waals surface area (Å²) >= 11 is 5.05. The lowest BCUT2D eigenvalue weighted by Crippen LogP contribution is -2.38. The molecule has 4 rings (SSSR count). The molecule has 7 heteroatoms. The van der Waals surface area contributed by atoms with Crippen LogP contribution in [0, 0.1) is 0 Å². The molecule has 0 bridgehead atoms. The van der Waals surface area contributed by atoms with Crippen LogP contribution in [-0.2, 0) is 6.42 Å². The van der Waals surface area contributed by atoms with Gasteiger partial charge in [0, 0.05) is 40.4 Å². The van der Waals surface area contributed by atoms with Crippen molar-refractivity contribution in [3.63, 3.8) is 0 Å². The normalized spacial score (nSPS) is 12.2. The summed E-state index contributed by atoms with van der Waals surface area (Å²) in [4.78, 5) is 21.7. The van der Waals surface area contributed by atoms with Crippen LogP contribution in [0.5, 0.6) is 0 Å². The second-order valence-electron chi connectivity index (χ2n) is 6.55. The van der Waals surface area contributed by atoms with Gasteiger partial charge in [-0.15, -0.1) is 11.3 Å². The number of fused-ring (bicyclic) bond motifs is 1. The van der Waals surface area contributed by atoms with Crippen LogP contribution in [0.1, 0.15) is 15.2 Å². The summed E-state index contributed by atoms with van der Waals surface area (Å²) in [6.07, 6.45) is 4.36. The van der Waals surface area contributed by atoms with Gasteiger partial charge in [-0.05, 0) is 46.1 Å². The predicted octanol–water partition coefficient (Wildman–Crippen LogP) is 4.35. The lowest BCUT2D eigenvalue weighted by molar-refractivity contribution is 0.0955. The Labute approximate surface area is 175 Å². The van der Waals surface area contributed by atoms with Crippen molar-refractivity contribution in [3.8, 4) is 10.4 Å². The molecule has 0 spiro atoms. The summed E-state index contributed by atoms with van der Waals surface area (Å²) in [6.45, 7) is 0.426. The van der Waals surface area contributed by atoms with Gasteiger partial charge in [-0.3, -0.25) is 4.79 Å². The van der Waals surface area contributed by atoms with Crippen LogP contribution in [0.2, 0.25) is 0 Å². The van der Waals surface area contributed by atoms with Crippen molar-refractivity contribution in [2.75, 3.05) is 6.54 Å². The van der Waals surface area contributed by atoms with E-state index in [-0.39, 0.29) is 11.9 Å². The zero-order valence-corrected chi connectivity index (χ0v) is 17.4. The van der Waals surface area contributed by atoms with E-state index in [0.29, 0.717) is 11.4 Å². The number of rotatable bonds is 6. The van der Waals surface area contributed by atoms with Gasteiger partial charge in [0.15, 0.2) is 0 Å². The molecular formula is C21H19BrN4OS. The van der Waals surface area contributed by atoms with Gasteiger partial charge in [0.2, 0.25) is 0 Å². The number of hydrogen-bond donors (Lipinski definition) is 3. The van der Waals surface area contributed by atoms with E-state index in [2.05, 4.69) is 31.2 Å². The highest BCUT2D eigenvalue weighted by molar-refractivity contribution is 9.10. The van der Waals surface area contributed by atoms with Gasteiger partial charge in [0.1, 0.15) is 5.65 Å². The van der Waals surface area contributed by atoms with Crippen molar-refractivity contribution in [2.45, 2.75) is 12.5 Å². The number of hydrogen-bond acceptors (Lipinski definition) is 4. The van der Waals surface area contributed by atoms with Crippen LogP contribution in [0.3, 0.4) is 0 Å². The first-order valence-corrected chi connectivity index (χ1v) is 10.5. The van der Waals surface area contributed by atoms with Gasteiger partial charge in [-0.25, -0.2) is 4.98 Å². The van der Waals surface area contributed by atoms with E-state index in [4.69, 9.17) is 5.73 Å². The van der Waals surface area contributed by atoms with Crippen LogP contribution in [-0.4, -0.2) is 28.5 Å². The van der Waals surface area contributed by atoms with Gasteiger partial charge < -0.3 is 16.0 Å². The molecule has 1 aromatic carbocycles. The summed E-state index contributed by atoms with van der Waals surface area (Å²) in [5.41, 5.74) is 9.22. The molecule has 0 fully saturated rings. The molecule has 0 unspecified atom stereocenters. The topological polar surface area (TPSA) is 83.8 Å². The molecule has 1 amide bonds. The van der Waals surface area contributed by atoms with E-state index in [9.17, 15) is 4.79 Å². The molecule has 0 radical (unpaired) electrons. The van der Waals surface area contributed by atoms with Crippen LogP contribution >= 0.6 is 27.3 Å². The largest absolute Gasteiger partial charge is 0.350 e. The summed E-state index contributed by atoms with van der Waals surface area (Å²) < 4.78 is 0.893. The minimum atomic E-state index is -0.131. The molecule has 4 aromatic rings. The first kappa shape index (κ1) is 18.9. The molecule has 0 aliphatic heterocycles. The number of nitrogens with two attached hydrogens (primary N) is 1. The minimum Gasteiger partial charge on any atom is -0.350 e. The highest BCUT2D eigenvalue weighted by Crippen LogP contribution is 2.39. The number of pyridine rings is 1. The summed E-state index contributed by atoms with van der Waals surface area (Å²) in [6, 6.07) is 15.7. The van der Waals surface area contributed by atoms with Crippen molar-refractivity contribution in [1.82, 2.24) is 15.3 Å². The molecule has 28 heavy (non-hydrogen) atoms. The van der Waals surface area contributed by atoms with Crippen molar-refractivity contribution < 1.29 is 4.79 Å². The fourth-order valence-corrected chi connectivity index (χ4v) is 4.97. The average molecular weight is 455 g/mol. The summed E-state index contributed by atoms with van der Waals surface area (Å²) in [5.74, 6) is -0.111. The fourth-order valence-electron chi connectivity index (χ4n) is 3.12. The third kappa shape index (κ3) is 4.01. The maximum atomic E-state index is 12.6. The second-order valence-corrected chi connectivity index (χ2v) is 8.45. The van der Waals surface area contributed by atoms with Gasteiger partial charge in [-0.2, -0.15) is 0 Å². The Morgan fingerprint density at radius 3 is 2.89 bits per heavy atom. The number of benzene rings is 1. The third-order valence-electron chi connectivity index (χ3n) is 4.48. The van der Waals surface area contributed by atoms with Crippen molar-refractivity contribution >= 4 is 44.2 Å². The number of aromatic nitrogens is 2. The Hall–Kier alpha value is -2.48. The lowest BCUT2D eigenvalue weighted by Gasteiger charge is -2.12. The standard InChI is InChI=1S/C21H19BrN4OS/c22-17-11-18(21(27)26-12-14(23)10-13-4-2-1-3-5-13)28-19(17)15-6-8-24-20-16(15)7-9-25-20/h1-9,11,14H,10,12,23H2,(H,24,25)(H,26,27)/t14-/m0/s1. The smallest absolute Gasteiger partial charge is 0.261 e. The number of nitrogens with one attached hydrogen (secondary N) is 2. The lowest BCUT2D eigenvalue weighted by atomic mass is 10.1.